The van der Waals surface area contributed by atoms with E-state index in [1.54, 1.807) is 0 Å². The minimum Gasteiger partial charge on any atom is -0.310 e. The van der Waals surface area contributed by atoms with Crippen molar-refractivity contribution < 1.29 is 0 Å². The van der Waals surface area contributed by atoms with Crippen molar-refractivity contribution >= 4 is 34.1 Å². The summed E-state index contributed by atoms with van der Waals surface area (Å²) in [7, 11) is 0. The number of anilines is 6. The first kappa shape index (κ1) is 31.1. The molecule has 0 N–H and O–H groups in total. The van der Waals surface area contributed by atoms with Crippen LogP contribution in [0.3, 0.4) is 0 Å². The lowest BCUT2D eigenvalue weighted by atomic mass is 9.86. The van der Waals surface area contributed by atoms with E-state index in [4.69, 9.17) is 10.2 Å². The standard InChI is InChI=1S/C48H37N5/c1-32-39-16-6-10-20-43(39)51(44-21-11-7-17-40(32)44)37-28-24-34(25-29-37)47-49-50-48(53(47)36-14-4-3-5-15-36)35-26-30-38(31-27-35)52-45-22-12-8-18-41(45)33(2)42-19-9-13-23-46(42)52/h3-33H,1-2H3. The van der Waals surface area contributed by atoms with Crippen molar-refractivity contribution in [3.63, 3.8) is 0 Å². The first-order valence-corrected chi connectivity index (χ1v) is 18.3. The molecule has 1 aromatic heterocycles. The fourth-order valence-corrected chi connectivity index (χ4v) is 8.38. The first-order valence-electron chi connectivity index (χ1n) is 18.3. The van der Waals surface area contributed by atoms with Crippen LogP contribution in [0.1, 0.15) is 47.9 Å². The summed E-state index contributed by atoms with van der Waals surface area (Å²) in [6.07, 6.45) is 0. The van der Waals surface area contributed by atoms with Crippen LogP contribution >= 0.6 is 0 Å². The number of rotatable bonds is 5. The molecule has 0 amide bonds. The van der Waals surface area contributed by atoms with E-state index in [2.05, 4.69) is 198 Å². The number of aromatic nitrogens is 3. The second kappa shape index (κ2) is 12.5. The molecule has 10 rings (SSSR count). The zero-order valence-electron chi connectivity index (χ0n) is 29.6. The highest BCUT2D eigenvalue weighted by Gasteiger charge is 2.30. The smallest absolute Gasteiger partial charge is 0.168 e. The van der Waals surface area contributed by atoms with Gasteiger partial charge in [0.2, 0.25) is 0 Å². The Morgan fingerprint density at radius 2 is 0.660 bits per heavy atom. The molecule has 2 aliphatic heterocycles. The summed E-state index contributed by atoms with van der Waals surface area (Å²) >= 11 is 0. The SMILES string of the molecule is CC1c2ccccc2N(c2ccc(-c3nnc(-c4ccc(N5c6ccccc6C(C)c6ccccc65)cc4)n3-c3ccccc3)cc2)c2ccccc21. The third kappa shape index (κ3) is 5.00. The lowest BCUT2D eigenvalue weighted by Gasteiger charge is -2.36. The third-order valence-corrected chi connectivity index (χ3v) is 11.0. The van der Waals surface area contributed by atoms with Gasteiger partial charge in [0.1, 0.15) is 0 Å². The molecule has 7 aromatic carbocycles. The maximum Gasteiger partial charge on any atom is 0.168 e. The van der Waals surface area contributed by atoms with Crippen LogP contribution in [-0.4, -0.2) is 14.8 Å². The molecule has 3 heterocycles. The van der Waals surface area contributed by atoms with Gasteiger partial charge in [-0.2, -0.15) is 0 Å². The zero-order chi connectivity index (χ0) is 35.5. The van der Waals surface area contributed by atoms with Gasteiger partial charge in [-0.15, -0.1) is 10.2 Å². The fourth-order valence-electron chi connectivity index (χ4n) is 8.38. The van der Waals surface area contributed by atoms with Gasteiger partial charge in [0, 0.05) is 62.8 Å². The number of nitrogens with zero attached hydrogens (tertiary/aromatic N) is 5. The zero-order valence-corrected chi connectivity index (χ0v) is 29.6. The van der Waals surface area contributed by atoms with Crippen LogP contribution in [0, 0.1) is 0 Å². The average Bonchev–Trinajstić information content (AvgIpc) is 3.67. The largest absolute Gasteiger partial charge is 0.310 e. The molecule has 5 nitrogen and oxygen atoms in total. The van der Waals surface area contributed by atoms with E-state index in [-0.39, 0.29) is 0 Å². The van der Waals surface area contributed by atoms with Gasteiger partial charge in [0.05, 0.1) is 0 Å². The molecule has 0 fully saturated rings. The van der Waals surface area contributed by atoms with Crippen LogP contribution in [0.2, 0.25) is 0 Å². The van der Waals surface area contributed by atoms with Crippen LogP contribution < -0.4 is 9.80 Å². The highest BCUT2D eigenvalue weighted by atomic mass is 15.3. The Kier molecular flexibility index (Phi) is 7.32. The summed E-state index contributed by atoms with van der Waals surface area (Å²) < 4.78 is 2.17. The monoisotopic (exact) mass is 683 g/mol. The van der Waals surface area contributed by atoms with Gasteiger partial charge in [-0.25, -0.2) is 0 Å². The molecule has 2 aliphatic rings. The molecule has 53 heavy (non-hydrogen) atoms. The highest BCUT2D eigenvalue weighted by Crippen LogP contribution is 2.50. The number of hydrogen-bond acceptors (Lipinski definition) is 4. The van der Waals surface area contributed by atoms with E-state index in [1.807, 2.05) is 6.07 Å². The van der Waals surface area contributed by atoms with E-state index in [0.29, 0.717) is 11.8 Å². The second-order valence-electron chi connectivity index (χ2n) is 14.0. The predicted octanol–water partition coefficient (Wildman–Crippen LogP) is 12.5. The van der Waals surface area contributed by atoms with Crippen molar-refractivity contribution in [3.05, 3.63) is 198 Å². The Bertz CT molecular complexity index is 2350. The molecule has 0 saturated heterocycles. The van der Waals surface area contributed by atoms with Gasteiger partial charge in [0.25, 0.3) is 0 Å². The summed E-state index contributed by atoms with van der Waals surface area (Å²) in [5, 5.41) is 9.66. The van der Waals surface area contributed by atoms with Crippen LogP contribution in [0.5, 0.6) is 0 Å². The normalized spacial score (nSPS) is 13.6. The molecular formula is C48H37N5. The summed E-state index contributed by atoms with van der Waals surface area (Å²) in [4.78, 5) is 4.76. The van der Waals surface area contributed by atoms with Crippen LogP contribution in [0.4, 0.5) is 34.1 Å². The Balaban J connectivity index is 1.04. The maximum absolute atomic E-state index is 4.83. The quantitative estimate of drug-likeness (QED) is 0.181. The lowest BCUT2D eigenvalue weighted by molar-refractivity contribution is 0.892. The van der Waals surface area contributed by atoms with E-state index in [9.17, 15) is 0 Å². The molecule has 0 unspecified atom stereocenters. The summed E-state index contributed by atoms with van der Waals surface area (Å²) in [6.45, 7) is 4.59. The van der Waals surface area contributed by atoms with Gasteiger partial charge in [-0.05, 0) is 107 Å². The van der Waals surface area contributed by atoms with E-state index in [1.165, 1.54) is 45.0 Å². The Morgan fingerprint density at radius 3 is 1.02 bits per heavy atom. The summed E-state index contributed by atoms with van der Waals surface area (Å²) in [5.74, 6) is 2.24. The van der Waals surface area contributed by atoms with Crippen molar-refractivity contribution in [2.24, 2.45) is 0 Å². The molecule has 0 bridgehead atoms. The van der Waals surface area contributed by atoms with Gasteiger partial charge >= 0.3 is 0 Å². The van der Waals surface area contributed by atoms with Crippen molar-refractivity contribution in [2.45, 2.75) is 25.7 Å². The molecule has 0 aliphatic carbocycles. The Labute approximate surface area is 310 Å². The number of benzene rings is 7. The molecule has 0 atom stereocenters. The van der Waals surface area contributed by atoms with Crippen molar-refractivity contribution in [3.8, 4) is 28.5 Å². The number of hydrogen-bond donors (Lipinski definition) is 0. The van der Waals surface area contributed by atoms with Crippen LogP contribution in [-0.2, 0) is 0 Å². The molecule has 0 spiro atoms. The average molecular weight is 684 g/mol. The Morgan fingerprint density at radius 1 is 0.340 bits per heavy atom. The van der Waals surface area contributed by atoms with E-state index in [0.717, 1.165) is 39.8 Å². The van der Waals surface area contributed by atoms with Gasteiger partial charge in [-0.3, -0.25) is 4.57 Å². The minimum absolute atomic E-state index is 0.324. The van der Waals surface area contributed by atoms with Crippen LogP contribution in [0.15, 0.2) is 176 Å². The molecule has 0 saturated carbocycles. The minimum atomic E-state index is 0.324. The van der Waals surface area contributed by atoms with Gasteiger partial charge < -0.3 is 9.80 Å². The molecule has 0 radical (unpaired) electrons. The molecular weight excluding hydrogens is 647 g/mol. The second-order valence-corrected chi connectivity index (χ2v) is 14.0. The molecule has 254 valence electrons. The molecule has 8 aromatic rings. The van der Waals surface area contributed by atoms with Crippen LogP contribution in [0.25, 0.3) is 28.5 Å². The number of fused-ring (bicyclic) bond motifs is 4. The highest BCUT2D eigenvalue weighted by molar-refractivity contribution is 5.87. The van der Waals surface area contributed by atoms with E-state index < -0.39 is 0 Å². The van der Waals surface area contributed by atoms with Crippen molar-refractivity contribution in [1.29, 1.82) is 0 Å². The Hall–Kier alpha value is -6.72. The number of para-hydroxylation sites is 5. The summed E-state index contributed by atoms with van der Waals surface area (Å²) in [6, 6.07) is 62.8. The first-order chi connectivity index (χ1) is 26.2. The maximum atomic E-state index is 4.83. The summed E-state index contributed by atoms with van der Waals surface area (Å²) in [5.41, 5.74) is 15.4. The van der Waals surface area contributed by atoms with Crippen molar-refractivity contribution in [1.82, 2.24) is 14.8 Å². The lowest BCUT2D eigenvalue weighted by Crippen LogP contribution is -2.20. The van der Waals surface area contributed by atoms with Gasteiger partial charge in [0.15, 0.2) is 11.6 Å². The fraction of sp³-hybridized carbons (Fsp3) is 0.0833. The molecule has 5 heteroatoms. The van der Waals surface area contributed by atoms with Gasteiger partial charge in [-0.1, -0.05) is 105 Å². The third-order valence-electron chi connectivity index (χ3n) is 11.0. The van der Waals surface area contributed by atoms with E-state index >= 15 is 0 Å². The van der Waals surface area contributed by atoms with Crippen molar-refractivity contribution in [2.75, 3.05) is 9.80 Å². The predicted molar refractivity (Wildman–Crippen MR) is 217 cm³/mol. The topological polar surface area (TPSA) is 37.2 Å².